The Kier molecular flexibility index (Phi) is 3.31. The SMILES string of the molecule is O=C(NCCC1=CCCC1)c1n[nH]c2ccccc12. The number of carbonyl (C=O) groups excluding carboxylic acids is 1. The van der Waals surface area contributed by atoms with Crippen LogP contribution in [0.15, 0.2) is 35.9 Å². The summed E-state index contributed by atoms with van der Waals surface area (Å²) in [5, 5.41) is 10.8. The Bertz CT molecular complexity index is 627. The van der Waals surface area contributed by atoms with Gasteiger partial charge in [0.2, 0.25) is 0 Å². The van der Waals surface area contributed by atoms with Gasteiger partial charge in [0.15, 0.2) is 5.69 Å². The van der Waals surface area contributed by atoms with E-state index in [1.54, 1.807) is 0 Å². The molecule has 0 fully saturated rings. The van der Waals surface area contributed by atoms with E-state index in [4.69, 9.17) is 0 Å². The molecular weight excluding hydrogens is 238 g/mol. The molecule has 0 aliphatic heterocycles. The largest absolute Gasteiger partial charge is 0.350 e. The summed E-state index contributed by atoms with van der Waals surface area (Å²) in [4.78, 5) is 12.1. The van der Waals surface area contributed by atoms with Gasteiger partial charge in [-0.2, -0.15) is 5.10 Å². The van der Waals surface area contributed by atoms with Gasteiger partial charge in [-0.15, -0.1) is 0 Å². The van der Waals surface area contributed by atoms with Crippen molar-refractivity contribution in [1.82, 2.24) is 15.5 Å². The van der Waals surface area contributed by atoms with Crippen LogP contribution in [0.1, 0.15) is 36.2 Å². The Morgan fingerprint density at radius 3 is 3.11 bits per heavy atom. The standard InChI is InChI=1S/C15H17N3O/c19-15(16-10-9-11-5-1-2-6-11)14-12-7-3-4-8-13(12)17-18-14/h3-5,7-8H,1-2,6,9-10H2,(H,16,19)(H,17,18). The molecule has 0 bridgehead atoms. The number of hydrogen-bond acceptors (Lipinski definition) is 2. The topological polar surface area (TPSA) is 57.8 Å². The van der Waals surface area contributed by atoms with Crippen LogP contribution in [0.4, 0.5) is 0 Å². The van der Waals surface area contributed by atoms with Crippen molar-refractivity contribution in [1.29, 1.82) is 0 Å². The molecule has 4 nitrogen and oxygen atoms in total. The zero-order valence-electron chi connectivity index (χ0n) is 10.8. The number of rotatable bonds is 4. The van der Waals surface area contributed by atoms with Crippen molar-refractivity contribution >= 4 is 16.8 Å². The van der Waals surface area contributed by atoms with Gasteiger partial charge >= 0.3 is 0 Å². The van der Waals surface area contributed by atoms with E-state index in [2.05, 4.69) is 21.6 Å². The van der Waals surface area contributed by atoms with E-state index in [1.807, 2.05) is 24.3 Å². The maximum Gasteiger partial charge on any atom is 0.272 e. The van der Waals surface area contributed by atoms with Gasteiger partial charge in [-0.1, -0.05) is 29.8 Å². The van der Waals surface area contributed by atoms with Crippen molar-refractivity contribution in [2.75, 3.05) is 6.54 Å². The number of allylic oxidation sites excluding steroid dienone is 1. The molecule has 0 saturated heterocycles. The molecule has 4 heteroatoms. The summed E-state index contributed by atoms with van der Waals surface area (Å²) in [7, 11) is 0. The Hall–Kier alpha value is -2.10. The van der Waals surface area contributed by atoms with Crippen LogP contribution >= 0.6 is 0 Å². The third-order valence-corrected chi connectivity index (χ3v) is 3.55. The Balaban J connectivity index is 1.63. The summed E-state index contributed by atoms with van der Waals surface area (Å²) in [6.07, 6.45) is 6.87. The first-order valence-corrected chi connectivity index (χ1v) is 6.74. The number of aromatic amines is 1. The minimum absolute atomic E-state index is 0.101. The lowest BCUT2D eigenvalue weighted by Gasteiger charge is -2.04. The smallest absolute Gasteiger partial charge is 0.272 e. The third-order valence-electron chi connectivity index (χ3n) is 3.55. The number of H-pyrrole nitrogens is 1. The molecule has 1 aromatic carbocycles. The molecule has 0 atom stereocenters. The lowest BCUT2D eigenvalue weighted by atomic mass is 10.1. The fourth-order valence-corrected chi connectivity index (χ4v) is 2.52. The van der Waals surface area contributed by atoms with Crippen molar-refractivity contribution in [2.45, 2.75) is 25.7 Å². The average molecular weight is 255 g/mol. The Labute approximate surface area is 111 Å². The van der Waals surface area contributed by atoms with Gasteiger partial charge in [-0.25, -0.2) is 0 Å². The quantitative estimate of drug-likeness (QED) is 0.825. The van der Waals surface area contributed by atoms with E-state index in [9.17, 15) is 4.79 Å². The summed E-state index contributed by atoms with van der Waals surface area (Å²) in [5.41, 5.74) is 2.84. The monoisotopic (exact) mass is 255 g/mol. The molecule has 19 heavy (non-hydrogen) atoms. The molecule has 1 aliphatic carbocycles. The second-order valence-electron chi connectivity index (χ2n) is 4.88. The van der Waals surface area contributed by atoms with E-state index in [1.165, 1.54) is 24.8 Å². The first-order valence-electron chi connectivity index (χ1n) is 6.74. The fourth-order valence-electron chi connectivity index (χ4n) is 2.52. The molecular formula is C15H17N3O. The number of benzene rings is 1. The highest BCUT2D eigenvalue weighted by Gasteiger charge is 2.13. The van der Waals surface area contributed by atoms with Gasteiger partial charge in [-0.05, 0) is 31.7 Å². The zero-order valence-corrected chi connectivity index (χ0v) is 10.8. The summed E-state index contributed by atoms with van der Waals surface area (Å²) < 4.78 is 0. The first kappa shape index (κ1) is 12.0. The van der Waals surface area contributed by atoms with Gasteiger partial charge < -0.3 is 5.32 Å². The van der Waals surface area contributed by atoms with E-state index in [-0.39, 0.29) is 5.91 Å². The van der Waals surface area contributed by atoms with Crippen LogP contribution in [-0.4, -0.2) is 22.6 Å². The number of amides is 1. The third kappa shape index (κ3) is 2.52. The molecule has 0 radical (unpaired) electrons. The first-order chi connectivity index (χ1) is 9.34. The lowest BCUT2D eigenvalue weighted by Crippen LogP contribution is -2.25. The maximum atomic E-state index is 12.1. The summed E-state index contributed by atoms with van der Waals surface area (Å²) in [5.74, 6) is -0.101. The van der Waals surface area contributed by atoms with E-state index in [0.717, 1.165) is 17.3 Å². The van der Waals surface area contributed by atoms with Gasteiger partial charge in [0.05, 0.1) is 5.52 Å². The lowest BCUT2D eigenvalue weighted by molar-refractivity contribution is 0.0950. The van der Waals surface area contributed by atoms with Gasteiger partial charge in [0, 0.05) is 11.9 Å². The fraction of sp³-hybridized carbons (Fsp3) is 0.333. The van der Waals surface area contributed by atoms with E-state index in [0.29, 0.717) is 12.2 Å². The number of nitrogens with zero attached hydrogens (tertiary/aromatic N) is 1. The number of carbonyl (C=O) groups is 1. The van der Waals surface area contributed by atoms with Crippen molar-refractivity contribution in [3.63, 3.8) is 0 Å². The second-order valence-corrected chi connectivity index (χ2v) is 4.88. The molecule has 3 rings (SSSR count). The highest BCUT2D eigenvalue weighted by molar-refractivity contribution is 6.04. The van der Waals surface area contributed by atoms with Crippen molar-refractivity contribution in [3.8, 4) is 0 Å². The van der Waals surface area contributed by atoms with Crippen molar-refractivity contribution < 1.29 is 4.79 Å². The van der Waals surface area contributed by atoms with Crippen LogP contribution in [0.3, 0.4) is 0 Å². The number of para-hydroxylation sites is 1. The molecule has 1 heterocycles. The minimum Gasteiger partial charge on any atom is -0.350 e. The second kappa shape index (κ2) is 5.26. The maximum absolute atomic E-state index is 12.1. The van der Waals surface area contributed by atoms with E-state index < -0.39 is 0 Å². The van der Waals surface area contributed by atoms with Crippen LogP contribution in [-0.2, 0) is 0 Å². The Morgan fingerprint density at radius 2 is 2.26 bits per heavy atom. The highest BCUT2D eigenvalue weighted by Crippen LogP contribution is 2.20. The highest BCUT2D eigenvalue weighted by atomic mass is 16.1. The molecule has 1 aromatic heterocycles. The minimum atomic E-state index is -0.101. The molecule has 1 amide bonds. The summed E-state index contributed by atoms with van der Waals surface area (Å²) in [6.45, 7) is 0.686. The number of fused-ring (bicyclic) bond motifs is 1. The van der Waals surface area contributed by atoms with Crippen molar-refractivity contribution in [3.05, 3.63) is 41.6 Å². The molecule has 2 N–H and O–H groups in total. The molecule has 2 aromatic rings. The molecule has 1 aliphatic rings. The summed E-state index contributed by atoms with van der Waals surface area (Å²) >= 11 is 0. The predicted octanol–water partition coefficient (Wildman–Crippen LogP) is 2.79. The molecule has 98 valence electrons. The Morgan fingerprint density at radius 1 is 1.37 bits per heavy atom. The average Bonchev–Trinajstić information content (AvgIpc) is 3.07. The van der Waals surface area contributed by atoms with Crippen LogP contribution < -0.4 is 5.32 Å². The van der Waals surface area contributed by atoms with Gasteiger partial charge in [0.25, 0.3) is 5.91 Å². The number of aromatic nitrogens is 2. The normalized spacial score (nSPS) is 14.6. The molecule has 0 saturated carbocycles. The number of hydrogen-bond donors (Lipinski definition) is 2. The predicted molar refractivity (Wildman–Crippen MR) is 75.0 cm³/mol. The van der Waals surface area contributed by atoms with Crippen LogP contribution in [0.25, 0.3) is 10.9 Å². The van der Waals surface area contributed by atoms with Gasteiger partial charge in [0.1, 0.15) is 0 Å². The van der Waals surface area contributed by atoms with Crippen LogP contribution in [0.5, 0.6) is 0 Å². The summed E-state index contributed by atoms with van der Waals surface area (Å²) in [6, 6.07) is 7.67. The molecule has 0 unspecified atom stereocenters. The number of nitrogens with one attached hydrogen (secondary N) is 2. The van der Waals surface area contributed by atoms with Crippen LogP contribution in [0.2, 0.25) is 0 Å². The van der Waals surface area contributed by atoms with Gasteiger partial charge in [-0.3, -0.25) is 9.89 Å². The zero-order chi connectivity index (χ0) is 13.1. The van der Waals surface area contributed by atoms with Crippen molar-refractivity contribution in [2.24, 2.45) is 0 Å². The molecule has 0 spiro atoms. The van der Waals surface area contributed by atoms with Crippen LogP contribution in [0, 0.1) is 0 Å². The van der Waals surface area contributed by atoms with E-state index >= 15 is 0 Å².